The Kier molecular flexibility index (Phi) is 12.0. The van der Waals surface area contributed by atoms with Gasteiger partial charge < -0.3 is 35.4 Å². The molecule has 0 saturated carbocycles. The van der Waals surface area contributed by atoms with Crippen molar-refractivity contribution in [2.24, 2.45) is 5.92 Å². The number of hydrogen-bond acceptors (Lipinski definition) is 8. The van der Waals surface area contributed by atoms with E-state index in [4.69, 9.17) is 9.26 Å². The normalized spacial score (nSPS) is 19.9. The maximum atomic E-state index is 13.5. The van der Waals surface area contributed by atoms with E-state index >= 15 is 0 Å². The molecule has 4 rings (SSSR count). The van der Waals surface area contributed by atoms with Gasteiger partial charge in [-0.1, -0.05) is 49.3 Å². The maximum Gasteiger partial charge on any atom is 0.274 e. The summed E-state index contributed by atoms with van der Waals surface area (Å²) < 4.78 is 24.1. The number of rotatable bonds is 7. The second-order valence-corrected chi connectivity index (χ2v) is 11.7. The van der Waals surface area contributed by atoms with Gasteiger partial charge in [-0.2, -0.15) is 0 Å². The number of carbonyl (C=O) groups is 5. The summed E-state index contributed by atoms with van der Waals surface area (Å²) in [6.07, 6.45) is 0.448. The second kappa shape index (κ2) is 16.3. The molecule has 13 nitrogen and oxygen atoms in total. The van der Waals surface area contributed by atoms with E-state index in [1.165, 1.54) is 42.2 Å². The SMILES string of the molecule is CC(C)C[C@H]1NC(=O)[C@@H](C)NC(=O)c2cc(on2)CN(C(=O)COc2ccc(F)cc2)CCNC(=O)[C@@H](Cc2ccccc2)NC1=O. The quantitative estimate of drug-likeness (QED) is 0.299. The summed E-state index contributed by atoms with van der Waals surface area (Å²) in [5, 5.41) is 14.6. The Morgan fingerprint density at radius 3 is 2.38 bits per heavy atom. The summed E-state index contributed by atoms with van der Waals surface area (Å²) in [6.45, 7) is 4.72. The Morgan fingerprint density at radius 1 is 0.979 bits per heavy atom. The number of ether oxygens (including phenoxy) is 1. The molecule has 0 radical (unpaired) electrons. The van der Waals surface area contributed by atoms with Crippen LogP contribution in [-0.4, -0.2) is 77.4 Å². The number of nitrogens with zero attached hydrogens (tertiary/aromatic N) is 2. The lowest BCUT2D eigenvalue weighted by molar-refractivity contribution is -0.135. The number of benzene rings is 2. The number of amides is 5. The molecule has 1 aromatic heterocycles. The average molecular weight is 651 g/mol. The van der Waals surface area contributed by atoms with Gasteiger partial charge in [-0.05, 0) is 49.1 Å². The first kappa shape index (κ1) is 34.6. The smallest absolute Gasteiger partial charge is 0.274 e. The fourth-order valence-electron chi connectivity index (χ4n) is 4.85. The van der Waals surface area contributed by atoms with E-state index in [9.17, 15) is 28.4 Å². The minimum Gasteiger partial charge on any atom is -0.484 e. The second-order valence-electron chi connectivity index (χ2n) is 11.7. The minimum absolute atomic E-state index is 0.00651. The van der Waals surface area contributed by atoms with E-state index in [2.05, 4.69) is 26.4 Å². The molecule has 3 atom stereocenters. The summed E-state index contributed by atoms with van der Waals surface area (Å²) in [5.41, 5.74) is 0.677. The summed E-state index contributed by atoms with van der Waals surface area (Å²) in [5.74, 6) is -2.83. The molecule has 2 heterocycles. The third-order valence-electron chi connectivity index (χ3n) is 7.34. The van der Waals surface area contributed by atoms with Gasteiger partial charge in [-0.3, -0.25) is 24.0 Å². The predicted molar refractivity (Wildman–Crippen MR) is 167 cm³/mol. The highest BCUT2D eigenvalue weighted by Gasteiger charge is 2.30. The molecule has 3 aromatic rings. The van der Waals surface area contributed by atoms with E-state index in [1.54, 1.807) is 0 Å². The topological polar surface area (TPSA) is 172 Å². The molecule has 250 valence electrons. The van der Waals surface area contributed by atoms with Crippen LogP contribution in [0.2, 0.25) is 0 Å². The van der Waals surface area contributed by atoms with Crippen molar-refractivity contribution in [1.29, 1.82) is 0 Å². The number of hydrogen-bond donors (Lipinski definition) is 4. The van der Waals surface area contributed by atoms with Crippen LogP contribution in [0.5, 0.6) is 5.75 Å². The van der Waals surface area contributed by atoms with E-state index in [0.29, 0.717) is 0 Å². The lowest BCUT2D eigenvalue weighted by atomic mass is 10.0. The molecule has 0 saturated heterocycles. The van der Waals surface area contributed by atoms with Crippen LogP contribution in [0.25, 0.3) is 0 Å². The average Bonchev–Trinajstić information content (AvgIpc) is 3.51. The molecule has 5 amide bonds. The summed E-state index contributed by atoms with van der Waals surface area (Å²) >= 11 is 0. The van der Waals surface area contributed by atoms with Crippen LogP contribution in [0, 0.1) is 11.7 Å². The third kappa shape index (κ3) is 10.4. The number of nitrogens with one attached hydrogen (secondary N) is 4. The monoisotopic (exact) mass is 650 g/mol. The van der Waals surface area contributed by atoms with Gasteiger partial charge in [0.25, 0.3) is 11.8 Å². The molecule has 0 spiro atoms. The van der Waals surface area contributed by atoms with Crippen LogP contribution >= 0.6 is 0 Å². The molecule has 14 heteroatoms. The van der Waals surface area contributed by atoms with Gasteiger partial charge in [-0.15, -0.1) is 0 Å². The maximum absolute atomic E-state index is 13.5. The Balaban J connectivity index is 1.59. The third-order valence-corrected chi connectivity index (χ3v) is 7.34. The molecule has 4 N–H and O–H groups in total. The lowest BCUT2D eigenvalue weighted by Crippen LogP contribution is -2.57. The van der Waals surface area contributed by atoms with Crippen molar-refractivity contribution >= 4 is 29.5 Å². The lowest BCUT2D eigenvalue weighted by Gasteiger charge is -2.26. The summed E-state index contributed by atoms with van der Waals surface area (Å²) in [7, 11) is 0. The van der Waals surface area contributed by atoms with Crippen LogP contribution < -0.4 is 26.0 Å². The Morgan fingerprint density at radius 2 is 1.68 bits per heavy atom. The zero-order chi connectivity index (χ0) is 33.9. The molecular weight excluding hydrogens is 611 g/mol. The highest BCUT2D eigenvalue weighted by Crippen LogP contribution is 2.14. The zero-order valence-electron chi connectivity index (χ0n) is 26.5. The van der Waals surface area contributed by atoms with Gasteiger partial charge in [0.15, 0.2) is 18.1 Å². The van der Waals surface area contributed by atoms with Gasteiger partial charge in [0.05, 0.1) is 6.54 Å². The van der Waals surface area contributed by atoms with Crippen molar-refractivity contribution in [3.8, 4) is 5.75 Å². The van der Waals surface area contributed by atoms with E-state index in [0.717, 1.165) is 5.56 Å². The number of carbonyl (C=O) groups excluding carboxylic acids is 5. The highest BCUT2D eigenvalue weighted by atomic mass is 19.1. The predicted octanol–water partition coefficient (Wildman–Crippen LogP) is 1.73. The van der Waals surface area contributed by atoms with Gasteiger partial charge in [0.1, 0.15) is 29.7 Å². The van der Waals surface area contributed by atoms with E-state index in [-0.39, 0.29) is 55.6 Å². The molecule has 47 heavy (non-hydrogen) atoms. The Bertz CT molecular complexity index is 1550. The number of aromatic nitrogens is 1. The summed E-state index contributed by atoms with van der Waals surface area (Å²) in [6, 6.07) is 12.6. The van der Waals surface area contributed by atoms with Crippen LogP contribution in [0.3, 0.4) is 0 Å². The largest absolute Gasteiger partial charge is 0.484 e. The highest BCUT2D eigenvalue weighted by molar-refractivity contribution is 5.97. The molecule has 2 bridgehead atoms. The molecule has 1 aliphatic rings. The molecule has 0 aliphatic carbocycles. The van der Waals surface area contributed by atoms with E-state index in [1.807, 2.05) is 44.2 Å². The standard InChI is InChI=1S/C33H39FN6O7/c1-20(2)15-26-32(44)38-27(16-22-7-5-4-6-8-22)31(43)35-13-14-40(29(41)19-46-24-11-9-23(34)10-12-24)18-25-17-28(39-47-25)33(45)36-21(3)30(42)37-26/h4-12,17,20-21,26-27H,13-16,18-19H2,1-3H3,(H,35,43)(H,36,45)(H,37,42)(H,38,44)/t21-,26-,27-/m1/s1. The minimum atomic E-state index is -1.05. The van der Waals surface area contributed by atoms with Gasteiger partial charge in [0.2, 0.25) is 17.7 Å². The van der Waals surface area contributed by atoms with Gasteiger partial charge >= 0.3 is 0 Å². The Hall–Kier alpha value is -5.27. The molecule has 2 aromatic carbocycles. The first-order chi connectivity index (χ1) is 22.5. The number of fused-ring (bicyclic) bond motifs is 2. The first-order valence-corrected chi connectivity index (χ1v) is 15.3. The van der Waals surface area contributed by atoms with Crippen LogP contribution in [0.1, 0.15) is 49.0 Å². The van der Waals surface area contributed by atoms with Gasteiger partial charge in [0, 0.05) is 25.6 Å². The number of halogens is 1. The van der Waals surface area contributed by atoms with Crippen LogP contribution in [0.4, 0.5) is 4.39 Å². The fourth-order valence-corrected chi connectivity index (χ4v) is 4.85. The van der Waals surface area contributed by atoms with Crippen molar-refractivity contribution in [1.82, 2.24) is 31.3 Å². The van der Waals surface area contributed by atoms with Crippen molar-refractivity contribution in [3.63, 3.8) is 0 Å². The zero-order valence-corrected chi connectivity index (χ0v) is 26.5. The first-order valence-electron chi connectivity index (χ1n) is 15.3. The molecule has 0 unspecified atom stereocenters. The van der Waals surface area contributed by atoms with Gasteiger partial charge in [-0.25, -0.2) is 4.39 Å². The molecule has 0 fully saturated rings. The van der Waals surface area contributed by atoms with Crippen molar-refractivity contribution in [2.75, 3.05) is 19.7 Å². The van der Waals surface area contributed by atoms with Crippen molar-refractivity contribution in [3.05, 3.63) is 83.5 Å². The van der Waals surface area contributed by atoms with Crippen LogP contribution in [-0.2, 0) is 32.1 Å². The van der Waals surface area contributed by atoms with Crippen molar-refractivity contribution < 1.29 is 37.6 Å². The summed E-state index contributed by atoms with van der Waals surface area (Å²) in [4.78, 5) is 67.6. The molecule has 1 aliphatic heterocycles. The van der Waals surface area contributed by atoms with E-state index < -0.39 is 60.1 Å². The molecular formula is C33H39FN6O7. The fraction of sp³-hybridized carbons (Fsp3) is 0.394. The van der Waals surface area contributed by atoms with Crippen molar-refractivity contribution in [2.45, 2.75) is 58.3 Å². The Labute approximate surface area is 271 Å². The van der Waals surface area contributed by atoms with Crippen LogP contribution in [0.15, 0.2) is 65.2 Å².